The highest BCUT2D eigenvalue weighted by Gasteiger charge is 2.53. The van der Waals surface area contributed by atoms with Crippen LogP contribution in [0.1, 0.15) is 40.3 Å². The minimum atomic E-state index is -1.28. The molecule has 0 radical (unpaired) electrons. The maximum atomic E-state index is 14.8. The van der Waals surface area contributed by atoms with Gasteiger partial charge in [0.1, 0.15) is 5.75 Å². The lowest BCUT2D eigenvalue weighted by atomic mass is 9.81. The predicted octanol–water partition coefficient (Wildman–Crippen LogP) is 7.66. The van der Waals surface area contributed by atoms with E-state index in [0.717, 1.165) is 45.1 Å². The molecular formula is C41H37BrN2O4. The summed E-state index contributed by atoms with van der Waals surface area (Å²) in [6.07, 6.45) is 1.79. The molecule has 6 nitrogen and oxygen atoms in total. The Kier molecular flexibility index (Phi) is 9.41. The molecule has 0 spiro atoms. The van der Waals surface area contributed by atoms with E-state index in [1.54, 1.807) is 0 Å². The van der Waals surface area contributed by atoms with Gasteiger partial charge in [0, 0.05) is 35.5 Å². The number of carbonyl (C=O) groups excluding carboxylic acids is 1. The molecule has 0 unspecified atom stereocenters. The van der Waals surface area contributed by atoms with Gasteiger partial charge in [-0.3, -0.25) is 4.79 Å². The summed E-state index contributed by atoms with van der Waals surface area (Å²) in [4.78, 5) is 20.1. The van der Waals surface area contributed by atoms with Crippen LogP contribution in [0.5, 0.6) is 5.75 Å². The third-order valence-electron chi connectivity index (χ3n) is 9.12. The fraction of sp³-hybridized carbons (Fsp3) is 0.220. The van der Waals surface area contributed by atoms with E-state index in [2.05, 4.69) is 81.9 Å². The molecule has 2 N–H and O–H groups in total. The number of rotatable bonds is 11. The number of aliphatic hydroxyl groups is 1. The molecule has 7 rings (SSSR count). The topological polar surface area (TPSA) is 80.2 Å². The summed E-state index contributed by atoms with van der Waals surface area (Å²) in [5, 5.41) is 12.5. The van der Waals surface area contributed by atoms with E-state index in [-0.39, 0.29) is 18.6 Å². The Balaban J connectivity index is 1.28. The van der Waals surface area contributed by atoms with Gasteiger partial charge in [0.05, 0.1) is 6.61 Å². The minimum Gasteiger partial charge on any atom is -0.494 e. The lowest BCUT2D eigenvalue weighted by molar-refractivity contribution is -0.129. The molecule has 2 atom stereocenters. The van der Waals surface area contributed by atoms with Crippen LogP contribution < -0.4 is 10.1 Å². The fourth-order valence-electron chi connectivity index (χ4n) is 6.65. The summed E-state index contributed by atoms with van der Waals surface area (Å²) in [5.74, 6) is 0.953. The third-order valence-corrected chi connectivity index (χ3v) is 9.65. The number of benzene rings is 5. The fourth-order valence-corrected chi connectivity index (χ4v) is 6.91. The van der Waals surface area contributed by atoms with Crippen LogP contribution in [0.2, 0.25) is 0 Å². The Labute approximate surface area is 289 Å². The number of carbonyl (C=O) groups is 1. The van der Waals surface area contributed by atoms with Crippen molar-refractivity contribution in [3.8, 4) is 16.9 Å². The smallest absolute Gasteiger partial charge is 0.252 e. The molecule has 0 saturated carbocycles. The Hall–Kier alpha value is -4.72. The van der Waals surface area contributed by atoms with Crippen molar-refractivity contribution in [2.24, 2.45) is 4.99 Å². The van der Waals surface area contributed by atoms with Gasteiger partial charge in [-0.2, -0.15) is 0 Å². The summed E-state index contributed by atoms with van der Waals surface area (Å²) < 4.78 is 13.5. The van der Waals surface area contributed by atoms with Gasteiger partial charge in [-0.1, -0.05) is 107 Å². The van der Waals surface area contributed by atoms with Crippen molar-refractivity contribution in [3.05, 3.63) is 160 Å². The summed E-state index contributed by atoms with van der Waals surface area (Å²) in [6, 6.07) is 42.5. The number of halogens is 1. The van der Waals surface area contributed by atoms with Crippen molar-refractivity contribution in [1.82, 2.24) is 5.32 Å². The molecule has 242 valence electrons. The maximum absolute atomic E-state index is 14.8. The molecule has 48 heavy (non-hydrogen) atoms. The van der Waals surface area contributed by atoms with Gasteiger partial charge in [-0.25, -0.2) is 4.99 Å². The van der Waals surface area contributed by atoms with Crippen LogP contribution in [0.15, 0.2) is 137 Å². The van der Waals surface area contributed by atoms with Crippen LogP contribution in [0.4, 0.5) is 0 Å². The highest BCUT2D eigenvalue weighted by atomic mass is 79.9. The van der Waals surface area contributed by atoms with Crippen LogP contribution in [0, 0.1) is 0 Å². The molecule has 1 aliphatic carbocycles. The van der Waals surface area contributed by atoms with Gasteiger partial charge < -0.3 is 19.9 Å². The van der Waals surface area contributed by atoms with Crippen LogP contribution in [-0.4, -0.2) is 41.7 Å². The maximum Gasteiger partial charge on any atom is 0.252 e. The summed E-state index contributed by atoms with van der Waals surface area (Å²) in [6.45, 7) is 0.502. The van der Waals surface area contributed by atoms with Crippen LogP contribution in [-0.2, 0) is 28.8 Å². The third kappa shape index (κ3) is 6.80. The number of aliphatic hydroxyl groups excluding tert-OH is 1. The molecule has 0 aromatic heterocycles. The number of aliphatic imine (C=N–C) groups is 1. The summed E-state index contributed by atoms with van der Waals surface area (Å²) in [5.41, 5.74) is 6.08. The molecule has 0 fully saturated rings. The number of nitrogens with one attached hydrogen (secondary N) is 1. The van der Waals surface area contributed by atoms with Crippen LogP contribution in [0.3, 0.4) is 0 Å². The lowest BCUT2D eigenvalue weighted by Crippen LogP contribution is -2.53. The van der Waals surface area contributed by atoms with Crippen molar-refractivity contribution in [2.45, 2.75) is 43.4 Å². The van der Waals surface area contributed by atoms with Gasteiger partial charge in [0.15, 0.2) is 11.6 Å². The number of fused-ring (bicyclic) bond motifs is 1. The largest absolute Gasteiger partial charge is 0.494 e. The lowest BCUT2D eigenvalue weighted by Gasteiger charge is -2.32. The number of hydrogen-bond acceptors (Lipinski definition) is 5. The van der Waals surface area contributed by atoms with E-state index >= 15 is 0 Å². The molecule has 0 saturated heterocycles. The van der Waals surface area contributed by atoms with Gasteiger partial charge in [0.2, 0.25) is 5.90 Å². The SMILES string of the molecule is O=C(NC1Cc2ccccc2C1)[C@]1(Cc2ccc(Br)cc2)N=C(c2ccc(OCCCO)cc2)O[C@@H]1c1ccc(-c2ccccc2)cc1. The number of amides is 1. The quantitative estimate of drug-likeness (QED) is 0.139. The van der Waals surface area contributed by atoms with E-state index in [4.69, 9.17) is 19.6 Å². The van der Waals surface area contributed by atoms with Crippen molar-refractivity contribution < 1.29 is 19.4 Å². The monoisotopic (exact) mass is 700 g/mol. The summed E-state index contributed by atoms with van der Waals surface area (Å²) >= 11 is 3.56. The standard InChI is InChI=1S/C41H37BrN2O4/c42-35-19-11-28(12-20-35)27-41(40(46)43-36-25-33-9-4-5-10-34(33)26-36)38(31-15-13-30(14-16-31)29-7-2-1-3-8-29)48-39(44-41)32-17-21-37(22-18-32)47-24-6-23-45/h1-5,7-22,36,38,45H,6,23-27H2,(H,43,46)/t38-,41-/m1/s1. The van der Waals surface area contributed by atoms with Crippen LogP contribution >= 0.6 is 15.9 Å². The first-order valence-corrected chi connectivity index (χ1v) is 17.2. The summed E-state index contributed by atoms with van der Waals surface area (Å²) in [7, 11) is 0. The number of ether oxygens (including phenoxy) is 2. The minimum absolute atomic E-state index is 0.0348. The highest BCUT2D eigenvalue weighted by Crippen LogP contribution is 2.43. The van der Waals surface area contributed by atoms with Crippen molar-refractivity contribution in [3.63, 3.8) is 0 Å². The molecular weight excluding hydrogens is 664 g/mol. The van der Waals surface area contributed by atoms with E-state index < -0.39 is 11.6 Å². The van der Waals surface area contributed by atoms with E-state index in [9.17, 15) is 4.79 Å². The van der Waals surface area contributed by atoms with Crippen molar-refractivity contribution in [2.75, 3.05) is 13.2 Å². The molecule has 1 heterocycles. The van der Waals surface area contributed by atoms with Crippen LogP contribution in [0.25, 0.3) is 11.1 Å². The van der Waals surface area contributed by atoms with E-state index in [1.807, 2.05) is 66.7 Å². The average Bonchev–Trinajstić information content (AvgIpc) is 3.72. The zero-order chi connectivity index (χ0) is 32.9. The Morgan fingerprint density at radius 2 is 1.44 bits per heavy atom. The Bertz CT molecular complexity index is 1870. The Morgan fingerprint density at radius 3 is 2.10 bits per heavy atom. The highest BCUT2D eigenvalue weighted by molar-refractivity contribution is 9.10. The number of hydrogen-bond donors (Lipinski definition) is 2. The molecule has 7 heteroatoms. The van der Waals surface area contributed by atoms with Gasteiger partial charge >= 0.3 is 0 Å². The molecule has 5 aromatic rings. The number of nitrogens with zero attached hydrogens (tertiary/aromatic N) is 1. The second kappa shape index (κ2) is 14.2. The normalized spacial score (nSPS) is 18.5. The van der Waals surface area contributed by atoms with Gasteiger partial charge in [0.25, 0.3) is 5.91 Å². The first-order chi connectivity index (χ1) is 23.5. The second-order valence-corrected chi connectivity index (χ2v) is 13.3. The molecule has 1 aliphatic heterocycles. The average molecular weight is 702 g/mol. The molecule has 2 aliphatic rings. The Morgan fingerprint density at radius 1 is 0.812 bits per heavy atom. The molecule has 1 amide bonds. The zero-order valence-corrected chi connectivity index (χ0v) is 28.1. The first kappa shape index (κ1) is 31.9. The van der Waals surface area contributed by atoms with E-state index in [0.29, 0.717) is 31.1 Å². The predicted molar refractivity (Wildman–Crippen MR) is 192 cm³/mol. The van der Waals surface area contributed by atoms with Gasteiger partial charge in [-0.15, -0.1) is 0 Å². The first-order valence-electron chi connectivity index (χ1n) is 16.4. The van der Waals surface area contributed by atoms with Crippen molar-refractivity contribution >= 4 is 27.7 Å². The van der Waals surface area contributed by atoms with E-state index in [1.165, 1.54) is 11.1 Å². The van der Waals surface area contributed by atoms with Crippen molar-refractivity contribution in [1.29, 1.82) is 0 Å². The second-order valence-electron chi connectivity index (χ2n) is 12.4. The van der Waals surface area contributed by atoms with Gasteiger partial charge in [-0.05, 0) is 82.6 Å². The molecule has 5 aromatic carbocycles. The zero-order valence-electron chi connectivity index (χ0n) is 26.5. The molecule has 0 bridgehead atoms.